The fourth-order valence-corrected chi connectivity index (χ4v) is 9.03. The molecule has 2 aliphatic heterocycles. The first-order valence-corrected chi connectivity index (χ1v) is 17.3. The van der Waals surface area contributed by atoms with Gasteiger partial charge >= 0.3 is 5.76 Å². The molecule has 1 atom stereocenters. The number of hydrogen-bond acceptors (Lipinski definition) is 9. The van der Waals surface area contributed by atoms with Gasteiger partial charge in [0, 0.05) is 54.6 Å². The molecule has 0 aliphatic carbocycles. The number of hydrogen-bond donors (Lipinski definition) is 1. The number of ether oxygens (including phenoxy) is 1. The van der Waals surface area contributed by atoms with Crippen molar-refractivity contribution < 1.29 is 22.0 Å². The Morgan fingerprint density at radius 3 is 2.68 bits per heavy atom. The first-order valence-electron chi connectivity index (χ1n) is 15.7. The number of benzene rings is 1. The lowest BCUT2D eigenvalue weighted by atomic mass is 9.88. The topological polar surface area (TPSA) is 157 Å². The highest BCUT2D eigenvalue weighted by Crippen LogP contribution is 2.48. The van der Waals surface area contributed by atoms with Crippen molar-refractivity contribution in [3.05, 3.63) is 81.6 Å². The van der Waals surface area contributed by atoms with Crippen LogP contribution in [0.5, 0.6) is 0 Å². The Labute approximate surface area is 270 Å². The Morgan fingerprint density at radius 1 is 1.17 bits per heavy atom. The monoisotopic (exact) mass is 656 g/mol. The van der Waals surface area contributed by atoms with Crippen molar-refractivity contribution in [2.75, 3.05) is 19.0 Å². The largest absolute Gasteiger partial charge is 0.434 e. The van der Waals surface area contributed by atoms with Crippen LogP contribution in [0.4, 0.5) is 4.39 Å². The molecule has 47 heavy (non-hydrogen) atoms. The zero-order chi connectivity index (χ0) is 32.9. The van der Waals surface area contributed by atoms with Crippen LogP contribution in [0.15, 0.2) is 56.8 Å². The number of sulfone groups is 1. The molecule has 1 fully saturated rings. The molecular weight excluding hydrogens is 623 g/mol. The Balaban J connectivity index is 1.40. The number of aromatic nitrogens is 5. The SMILES string of the molecule is CC(C)[C@@H]1CS(=O)(=O)c2c1nc(CCC1CCOCC1)c(-c1n[nH]c(=O)o1)c2-c1cnc2c(ccn2Cc2ccc(C#N)c(F)c2)c1. The first-order chi connectivity index (χ1) is 22.6. The molecule has 1 N–H and O–H groups in total. The first kappa shape index (κ1) is 31.0. The van der Waals surface area contributed by atoms with Gasteiger partial charge in [0.05, 0.1) is 33.2 Å². The fourth-order valence-electron chi connectivity index (χ4n) is 6.80. The van der Waals surface area contributed by atoms with Gasteiger partial charge in [-0.25, -0.2) is 27.7 Å². The molecule has 0 spiro atoms. The second-order valence-corrected chi connectivity index (χ2v) is 14.6. The molecule has 6 heterocycles. The molecule has 242 valence electrons. The zero-order valence-corrected chi connectivity index (χ0v) is 26.8. The van der Waals surface area contributed by atoms with Crippen LogP contribution in [0.25, 0.3) is 33.6 Å². The van der Waals surface area contributed by atoms with Crippen LogP contribution < -0.4 is 5.76 Å². The third-order valence-electron chi connectivity index (χ3n) is 9.30. The Hall–Kier alpha value is -4.67. The van der Waals surface area contributed by atoms with E-state index in [0.29, 0.717) is 71.4 Å². The van der Waals surface area contributed by atoms with E-state index in [1.54, 1.807) is 12.3 Å². The molecule has 1 saturated heterocycles. The van der Waals surface area contributed by atoms with Gasteiger partial charge in [0.2, 0.25) is 0 Å². The number of nitrogens with zero attached hydrogens (tertiary/aromatic N) is 5. The summed E-state index contributed by atoms with van der Waals surface area (Å²) in [4.78, 5) is 22.1. The van der Waals surface area contributed by atoms with Crippen LogP contribution in [0.1, 0.15) is 61.5 Å². The van der Waals surface area contributed by atoms with E-state index in [9.17, 15) is 17.6 Å². The minimum atomic E-state index is -3.78. The van der Waals surface area contributed by atoms with E-state index < -0.39 is 21.4 Å². The second kappa shape index (κ2) is 12.2. The van der Waals surface area contributed by atoms with E-state index in [4.69, 9.17) is 24.4 Å². The molecule has 11 nitrogen and oxygen atoms in total. The average Bonchev–Trinajstić information content (AvgIpc) is 3.74. The van der Waals surface area contributed by atoms with Crippen LogP contribution >= 0.6 is 0 Å². The molecule has 0 saturated carbocycles. The number of aromatic amines is 1. The van der Waals surface area contributed by atoms with Crippen molar-refractivity contribution in [1.29, 1.82) is 5.26 Å². The molecule has 4 aromatic heterocycles. The number of halogens is 1. The van der Waals surface area contributed by atoms with Crippen molar-refractivity contribution in [3.8, 4) is 28.7 Å². The summed E-state index contributed by atoms with van der Waals surface area (Å²) in [5, 5.41) is 16.3. The number of fused-ring (bicyclic) bond motifs is 2. The van der Waals surface area contributed by atoms with Crippen LogP contribution in [0.3, 0.4) is 0 Å². The molecule has 13 heteroatoms. The smallest absolute Gasteiger partial charge is 0.388 e. The van der Waals surface area contributed by atoms with Crippen molar-refractivity contribution in [2.45, 2.75) is 56.9 Å². The summed E-state index contributed by atoms with van der Waals surface area (Å²) in [7, 11) is -3.78. The highest BCUT2D eigenvalue weighted by Gasteiger charge is 2.43. The van der Waals surface area contributed by atoms with Crippen molar-refractivity contribution in [3.63, 3.8) is 0 Å². The van der Waals surface area contributed by atoms with Gasteiger partial charge in [-0.2, -0.15) is 5.26 Å². The summed E-state index contributed by atoms with van der Waals surface area (Å²) in [5.41, 5.74) is 3.68. The lowest BCUT2D eigenvalue weighted by molar-refractivity contribution is 0.0639. The normalized spacial score (nSPS) is 17.7. The minimum Gasteiger partial charge on any atom is -0.388 e. The second-order valence-electron chi connectivity index (χ2n) is 12.7. The van der Waals surface area contributed by atoms with Crippen LogP contribution in [0.2, 0.25) is 0 Å². The van der Waals surface area contributed by atoms with Gasteiger partial charge in [-0.05, 0) is 67.3 Å². The van der Waals surface area contributed by atoms with E-state index in [2.05, 4.69) is 10.2 Å². The number of nitrogens with one attached hydrogen (secondary N) is 1. The van der Waals surface area contributed by atoms with Gasteiger partial charge < -0.3 is 13.7 Å². The van der Waals surface area contributed by atoms with E-state index in [1.165, 1.54) is 12.1 Å². The minimum absolute atomic E-state index is 0.0191. The molecule has 0 unspecified atom stereocenters. The van der Waals surface area contributed by atoms with Crippen molar-refractivity contribution in [2.24, 2.45) is 11.8 Å². The maximum absolute atomic E-state index is 14.3. The third-order valence-corrected chi connectivity index (χ3v) is 11.1. The molecule has 0 radical (unpaired) electrons. The standard InChI is InChI=1S/C34H33FN6O5S/c1-19(2)25-18-47(43,44)31-28(24-14-22-7-10-41(32(22)37-16-24)17-21-3-5-23(15-36)26(35)13-21)29(33-39-40-34(42)46-33)27(38-30(25)31)6-4-20-8-11-45-12-9-20/h3,5,7,10,13-14,16,19-20,25H,4,6,8-9,11-12,17-18H2,1-2H3,(H,40,42)/t25-/m0/s1. The van der Waals surface area contributed by atoms with Crippen LogP contribution in [0, 0.1) is 29.0 Å². The summed E-state index contributed by atoms with van der Waals surface area (Å²) < 4.78 is 55.1. The van der Waals surface area contributed by atoms with Gasteiger partial charge in [-0.15, -0.1) is 5.10 Å². The average molecular weight is 657 g/mol. The van der Waals surface area contributed by atoms with Gasteiger partial charge in [0.1, 0.15) is 17.5 Å². The lowest BCUT2D eigenvalue weighted by Gasteiger charge is -2.23. The molecule has 1 aromatic carbocycles. The van der Waals surface area contributed by atoms with E-state index in [-0.39, 0.29) is 33.9 Å². The number of pyridine rings is 2. The quantitative estimate of drug-likeness (QED) is 0.231. The predicted molar refractivity (Wildman–Crippen MR) is 171 cm³/mol. The van der Waals surface area contributed by atoms with Gasteiger partial charge in [-0.1, -0.05) is 19.9 Å². The van der Waals surface area contributed by atoms with Gasteiger partial charge in [-0.3, -0.25) is 4.98 Å². The van der Waals surface area contributed by atoms with Crippen molar-refractivity contribution >= 4 is 20.9 Å². The highest BCUT2D eigenvalue weighted by molar-refractivity contribution is 7.92. The number of aryl methyl sites for hydroxylation is 1. The number of H-pyrrole nitrogens is 1. The maximum atomic E-state index is 14.3. The molecule has 2 aliphatic rings. The van der Waals surface area contributed by atoms with E-state index in [0.717, 1.165) is 24.6 Å². The Kier molecular flexibility index (Phi) is 8.01. The lowest BCUT2D eigenvalue weighted by Crippen LogP contribution is -2.17. The summed E-state index contributed by atoms with van der Waals surface area (Å²) in [6, 6.07) is 10.0. The summed E-state index contributed by atoms with van der Waals surface area (Å²) in [6.07, 6.45) is 6.65. The summed E-state index contributed by atoms with van der Waals surface area (Å²) >= 11 is 0. The Morgan fingerprint density at radius 2 is 1.98 bits per heavy atom. The fraction of sp³-hybridized carbons (Fsp3) is 0.382. The van der Waals surface area contributed by atoms with Crippen LogP contribution in [-0.2, 0) is 27.5 Å². The van der Waals surface area contributed by atoms with Crippen LogP contribution in [-0.4, -0.2) is 52.1 Å². The highest BCUT2D eigenvalue weighted by atomic mass is 32.2. The summed E-state index contributed by atoms with van der Waals surface area (Å²) in [5.74, 6) is -1.30. The maximum Gasteiger partial charge on any atom is 0.434 e. The Bertz CT molecular complexity index is 2210. The third kappa shape index (κ3) is 5.76. The van der Waals surface area contributed by atoms with Crippen molar-refractivity contribution in [1.82, 2.24) is 24.7 Å². The molecule has 7 rings (SSSR count). The summed E-state index contributed by atoms with van der Waals surface area (Å²) in [6.45, 7) is 5.71. The number of rotatable bonds is 8. The molecule has 5 aromatic rings. The molecular formula is C34H33FN6O5S. The van der Waals surface area contributed by atoms with E-state index >= 15 is 0 Å². The predicted octanol–water partition coefficient (Wildman–Crippen LogP) is 5.39. The van der Waals surface area contributed by atoms with Gasteiger partial charge in [0.25, 0.3) is 5.89 Å². The van der Waals surface area contributed by atoms with E-state index in [1.807, 2.05) is 42.8 Å². The zero-order valence-electron chi connectivity index (χ0n) is 26.0. The van der Waals surface area contributed by atoms with Gasteiger partial charge in [0.15, 0.2) is 9.84 Å². The number of nitriles is 1. The molecule has 0 bridgehead atoms. The molecule has 0 amide bonds.